The number of benzene rings is 2. The number of sulfonamides is 2. The summed E-state index contributed by atoms with van der Waals surface area (Å²) >= 11 is 0. The highest BCUT2D eigenvalue weighted by Crippen LogP contribution is 2.39. The molecule has 4 aromatic rings. The SMILES string of the molecule is O=S(=O)(c1ccc2c(c1)Cc1cc(S(=O)(=O)N3CCN(c4cccc[nH+]4)CC3)ccc1-2)N1CCN(c2cccc[nH+]2)CC1. The van der Waals surface area contributed by atoms with E-state index in [1.165, 1.54) is 0 Å². The first kappa shape index (κ1) is 28.0. The number of nitrogens with one attached hydrogen (secondary N) is 2. The van der Waals surface area contributed by atoms with Crippen LogP contribution >= 0.6 is 0 Å². The van der Waals surface area contributed by atoms with Crippen LogP contribution in [-0.4, -0.2) is 77.8 Å². The molecule has 2 saturated heterocycles. The van der Waals surface area contributed by atoms with Gasteiger partial charge in [-0.15, -0.1) is 0 Å². The first-order valence-corrected chi connectivity index (χ1v) is 17.4. The zero-order valence-corrected chi connectivity index (χ0v) is 25.3. The van der Waals surface area contributed by atoms with Crippen LogP contribution in [-0.2, 0) is 26.5 Å². The van der Waals surface area contributed by atoms with E-state index in [2.05, 4.69) is 19.8 Å². The maximum atomic E-state index is 13.6. The molecule has 0 spiro atoms. The van der Waals surface area contributed by atoms with Crippen molar-refractivity contribution < 1.29 is 26.8 Å². The Morgan fingerprint density at radius 2 is 0.930 bits per heavy atom. The molecule has 222 valence electrons. The first-order chi connectivity index (χ1) is 20.8. The smallest absolute Gasteiger partial charge is 0.259 e. The van der Waals surface area contributed by atoms with Crippen molar-refractivity contribution in [2.24, 2.45) is 0 Å². The summed E-state index contributed by atoms with van der Waals surface area (Å²) in [5.74, 6) is 1.95. The van der Waals surface area contributed by atoms with E-state index in [0.717, 1.165) is 33.9 Å². The van der Waals surface area contributed by atoms with Gasteiger partial charge in [-0.25, -0.2) is 26.8 Å². The number of hydrogen-bond acceptors (Lipinski definition) is 6. The zero-order valence-electron chi connectivity index (χ0n) is 23.7. The van der Waals surface area contributed by atoms with Crippen LogP contribution in [0, 0.1) is 0 Å². The molecule has 2 fully saturated rings. The summed E-state index contributed by atoms with van der Waals surface area (Å²) in [6, 6.07) is 22.3. The first-order valence-electron chi connectivity index (χ1n) is 14.5. The Bertz CT molecular complexity index is 1720. The lowest BCUT2D eigenvalue weighted by atomic mass is 10.1. The van der Waals surface area contributed by atoms with Crippen LogP contribution in [0.2, 0.25) is 0 Å². The number of anilines is 2. The molecular weight excluding hydrogens is 585 g/mol. The van der Waals surface area contributed by atoms with Crippen LogP contribution < -0.4 is 19.8 Å². The summed E-state index contributed by atoms with van der Waals surface area (Å²) in [5, 5.41) is 0. The number of pyridine rings is 2. The molecule has 0 atom stereocenters. The maximum Gasteiger partial charge on any atom is 0.274 e. The van der Waals surface area contributed by atoms with Gasteiger partial charge in [0.1, 0.15) is 0 Å². The van der Waals surface area contributed by atoms with Gasteiger partial charge in [0.15, 0.2) is 0 Å². The molecular formula is C31H34N6O4S2+2. The molecule has 7 rings (SSSR count). The average molecular weight is 619 g/mol. The number of H-pyrrole nitrogens is 2. The van der Waals surface area contributed by atoms with Crippen molar-refractivity contribution >= 4 is 31.7 Å². The molecule has 1 aliphatic carbocycles. The van der Waals surface area contributed by atoms with Crippen molar-refractivity contribution in [1.82, 2.24) is 8.61 Å². The number of nitrogens with zero attached hydrogens (tertiary/aromatic N) is 4. The summed E-state index contributed by atoms with van der Waals surface area (Å²) in [6.45, 7) is 4.03. The molecule has 2 N–H and O–H groups in total. The summed E-state index contributed by atoms with van der Waals surface area (Å²) in [7, 11) is -7.32. The normalized spacial score (nSPS) is 18.0. The summed E-state index contributed by atoms with van der Waals surface area (Å²) in [5.41, 5.74) is 3.71. The minimum absolute atomic E-state index is 0.278. The second-order valence-electron chi connectivity index (χ2n) is 11.1. The van der Waals surface area contributed by atoms with E-state index >= 15 is 0 Å². The molecule has 0 saturated carbocycles. The van der Waals surface area contributed by atoms with Crippen LogP contribution in [0.4, 0.5) is 11.6 Å². The third-order valence-corrected chi connectivity index (χ3v) is 12.4. The molecule has 3 aliphatic rings. The number of hydrogen-bond donors (Lipinski definition) is 0. The Balaban J connectivity index is 1.05. The number of aromatic amines is 2. The van der Waals surface area contributed by atoms with Crippen LogP contribution in [0.1, 0.15) is 11.1 Å². The Morgan fingerprint density at radius 1 is 0.512 bits per heavy atom. The van der Waals surface area contributed by atoms with E-state index in [1.807, 2.05) is 60.9 Å². The second-order valence-corrected chi connectivity index (χ2v) is 15.0. The third kappa shape index (κ3) is 5.18. The molecule has 4 heterocycles. The van der Waals surface area contributed by atoms with Crippen LogP contribution in [0.3, 0.4) is 0 Å². The standard InChI is InChI=1S/C31H32N6O4S2/c38-42(39,36-17-13-34(14-18-36)30-5-1-3-11-32-30)26-7-9-28-24(22-26)21-25-23-27(8-10-29(25)28)43(40,41)37-19-15-35(16-20-37)31-6-2-4-12-33-31/h1-12,22-23H,13-21H2/p+2. The van der Waals surface area contributed by atoms with E-state index in [9.17, 15) is 16.8 Å². The monoisotopic (exact) mass is 618 g/mol. The molecule has 2 aromatic heterocycles. The lowest BCUT2D eigenvalue weighted by Gasteiger charge is -2.30. The summed E-state index contributed by atoms with van der Waals surface area (Å²) in [4.78, 5) is 11.3. The lowest BCUT2D eigenvalue weighted by Crippen LogP contribution is -2.49. The minimum atomic E-state index is -3.66. The van der Waals surface area contributed by atoms with E-state index in [4.69, 9.17) is 0 Å². The van der Waals surface area contributed by atoms with Gasteiger partial charge >= 0.3 is 0 Å². The average Bonchev–Trinajstić information content (AvgIpc) is 3.43. The molecule has 12 heteroatoms. The minimum Gasteiger partial charge on any atom is -0.259 e. The predicted molar refractivity (Wildman–Crippen MR) is 163 cm³/mol. The van der Waals surface area contributed by atoms with Gasteiger partial charge < -0.3 is 0 Å². The molecule has 43 heavy (non-hydrogen) atoms. The van der Waals surface area contributed by atoms with Crippen molar-refractivity contribution in [3.8, 4) is 11.1 Å². The van der Waals surface area contributed by atoms with Gasteiger partial charge in [-0.3, -0.25) is 9.80 Å². The number of fused-ring (bicyclic) bond motifs is 3. The van der Waals surface area contributed by atoms with Gasteiger partial charge in [0.05, 0.1) is 74.5 Å². The quantitative estimate of drug-likeness (QED) is 0.288. The zero-order chi connectivity index (χ0) is 29.6. The maximum absolute atomic E-state index is 13.6. The van der Waals surface area contributed by atoms with Crippen molar-refractivity contribution in [3.63, 3.8) is 0 Å². The highest BCUT2D eigenvalue weighted by atomic mass is 32.2. The van der Waals surface area contributed by atoms with Crippen LogP contribution in [0.25, 0.3) is 11.1 Å². The lowest BCUT2D eigenvalue weighted by molar-refractivity contribution is -0.364. The van der Waals surface area contributed by atoms with E-state index in [0.29, 0.717) is 58.8 Å². The van der Waals surface area contributed by atoms with Gasteiger partial charge in [-0.2, -0.15) is 8.61 Å². The summed E-state index contributed by atoms with van der Waals surface area (Å²) in [6.07, 6.45) is 4.23. The molecule has 2 aromatic carbocycles. The van der Waals surface area contributed by atoms with Gasteiger partial charge in [0.2, 0.25) is 20.0 Å². The largest absolute Gasteiger partial charge is 0.274 e. The van der Waals surface area contributed by atoms with Crippen LogP contribution in [0.15, 0.2) is 95.0 Å². The van der Waals surface area contributed by atoms with Crippen molar-refractivity contribution in [2.75, 3.05) is 62.2 Å². The third-order valence-electron chi connectivity index (χ3n) is 8.64. The Morgan fingerprint density at radius 3 is 1.30 bits per heavy atom. The van der Waals surface area contributed by atoms with E-state index in [1.54, 1.807) is 32.9 Å². The molecule has 0 radical (unpaired) electrons. The highest BCUT2D eigenvalue weighted by Gasteiger charge is 2.35. The van der Waals surface area contributed by atoms with Gasteiger partial charge in [0, 0.05) is 12.1 Å². The van der Waals surface area contributed by atoms with Crippen molar-refractivity contribution in [2.45, 2.75) is 16.2 Å². The second kappa shape index (κ2) is 11.0. The fraction of sp³-hybridized carbons (Fsp3) is 0.290. The molecule has 0 unspecified atom stereocenters. The summed E-state index contributed by atoms with van der Waals surface area (Å²) < 4.78 is 57.5. The predicted octanol–water partition coefficient (Wildman–Crippen LogP) is 1.91. The molecule has 0 amide bonds. The molecule has 0 bridgehead atoms. The Labute approximate surface area is 252 Å². The fourth-order valence-electron chi connectivity index (χ4n) is 6.28. The van der Waals surface area contributed by atoms with Crippen molar-refractivity contribution in [1.29, 1.82) is 0 Å². The van der Waals surface area contributed by atoms with Crippen LogP contribution in [0.5, 0.6) is 0 Å². The number of rotatable bonds is 6. The van der Waals surface area contributed by atoms with E-state index < -0.39 is 20.0 Å². The Hall–Kier alpha value is -3.84. The van der Waals surface area contributed by atoms with Crippen molar-refractivity contribution in [3.05, 3.63) is 96.3 Å². The van der Waals surface area contributed by atoms with Gasteiger partial charge in [-0.05, 0) is 65.1 Å². The topological polar surface area (TPSA) is 110 Å². The van der Waals surface area contributed by atoms with Gasteiger partial charge in [0.25, 0.3) is 11.6 Å². The number of aromatic nitrogens is 2. The Kier molecular flexibility index (Phi) is 7.16. The molecule has 10 nitrogen and oxygen atoms in total. The highest BCUT2D eigenvalue weighted by molar-refractivity contribution is 7.89. The fourth-order valence-corrected chi connectivity index (χ4v) is 9.23. The molecule has 2 aliphatic heterocycles. The van der Waals surface area contributed by atoms with E-state index in [-0.39, 0.29) is 9.79 Å². The van der Waals surface area contributed by atoms with Gasteiger partial charge in [-0.1, -0.05) is 24.3 Å². The number of piperazine rings is 2.